The van der Waals surface area contributed by atoms with E-state index in [2.05, 4.69) is 10.2 Å². The van der Waals surface area contributed by atoms with Crippen molar-refractivity contribution < 1.29 is 13.2 Å². The van der Waals surface area contributed by atoms with Crippen LogP contribution in [0, 0.1) is 0 Å². The van der Waals surface area contributed by atoms with E-state index in [9.17, 15) is 13.2 Å². The van der Waals surface area contributed by atoms with Gasteiger partial charge in [0.1, 0.15) is 0 Å². The smallest absolute Gasteiger partial charge is 0.310 e. The lowest BCUT2D eigenvalue weighted by molar-refractivity contribution is -0.143. The average molecular weight is 291 g/mol. The zero-order valence-electron chi connectivity index (χ0n) is 11.8. The number of alkyl halides is 3. The summed E-state index contributed by atoms with van der Waals surface area (Å²) in [5.74, 6) is 0. The monoisotopic (exact) mass is 291 g/mol. The van der Waals surface area contributed by atoms with E-state index in [0.717, 1.165) is 19.4 Å². The number of hydrogen-bond donors (Lipinski definition) is 1. The molecule has 0 amide bonds. The third-order valence-corrected chi connectivity index (χ3v) is 4.97. The van der Waals surface area contributed by atoms with Crippen molar-refractivity contribution in [1.82, 2.24) is 15.1 Å². The predicted molar refractivity (Wildman–Crippen MR) is 71.7 cm³/mol. The molecule has 0 spiro atoms. The molecule has 0 unspecified atom stereocenters. The van der Waals surface area contributed by atoms with Gasteiger partial charge in [0.2, 0.25) is 0 Å². The van der Waals surface area contributed by atoms with Gasteiger partial charge in [0.05, 0.1) is 6.54 Å². The molecule has 3 rings (SSSR count). The molecule has 1 N–H and O–H groups in total. The fraction of sp³-hybridized carbons (Fsp3) is 1.00. The molecular formula is C14H24F3N3. The maximum absolute atomic E-state index is 12.4. The number of nitrogens with zero attached hydrogens (tertiary/aromatic N) is 2. The first-order valence-electron chi connectivity index (χ1n) is 7.79. The van der Waals surface area contributed by atoms with Crippen LogP contribution in [0.15, 0.2) is 0 Å². The molecule has 3 heterocycles. The number of likely N-dealkylation sites (tertiary alicyclic amines) is 1. The Morgan fingerprint density at radius 2 is 1.80 bits per heavy atom. The van der Waals surface area contributed by atoms with Gasteiger partial charge >= 0.3 is 6.18 Å². The zero-order valence-corrected chi connectivity index (χ0v) is 11.8. The SMILES string of the molecule is FC(F)(F)CN1CC[C@H](N[C@@H]2CCN3CCC[C@H]3C2)C1. The van der Waals surface area contributed by atoms with E-state index in [0.29, 0.717) is 25.2 Å². The van der Waals surface area contributed by atoms with Crippen molar-refractivity contribution in [1.29, 1.82) is 0 Å². The lowest BCUT2D eigenvalue weighted by atomic mass is 9.97. The lowest BCUT2D eigenvalue weighted by Gasteiger charge is -2.36. The Morgan fingerprint density at radius 3 is 2.60 bits per heavy atom. The van der Waals surface area contributed by atoms with Crippen LogP contribution in [-0.4, -0.2) is 66.8 Å². The maximum atomic E-state index is 12.4. The molecule has 20 heavy (non-hydrogen) atoms. The van der Waals surface area contributed by atoms with Gasteiger partial charge in [0.25, 0.3) is 0 Å². The number of halogens is 3. The highest BCUT2D eigenvalue weighted by Crippen LogP contribution is 2.28. The van der Waals surface area contributed by atoms with E-state index in [4.69, 9.17) is 0 Å². The fourth-order valence-electron chi connectivity index (χ4n) is 4.07. The van der Waals surface area contributed by atoms with Crippen LogP contribution in [0.5, 0.6) is 0 Å². The van der Waals surface area contributed by atoms with Crippen molar-refractivity contribution in [2.45, 2.75) is 56.4 Å². The van der Waals surface area contributed by atoms with Crippen molar-refractivity contribution in [3.63, 3.8) is 0 Å². The largest absolute Gasteiger partial charge is 0.401 e. The first kappa shape index (κ1) is 14.6. The van der Waals surface area contributed by atoms with Gasteiger partial charge in [-0.15, -0.1) is 0 Å². The third-order valence-electron chi connectivity index (χ3n) is 4.97. The van der Waals surface area contributed by atoms with Gasteiger partial charge in [0, 0.05) is 31.2 Å². The molecule has 6 heteroatoms. The predicted octanol–water partition coefficient (Wildman–Crippen LogP) is 1.84. The summed E-state index contributed by atoms with van der Waals surface area (Å²) in [5.41, 5.74) is 0. The number of hydrogen-bond acceptors (Lipinski definition) is 3. The third kappa shape index (κ3) is 3.65. The normalized spacial score (nSPS) is 36.5. The summed E-state index contributed by atoms with van der Waals surface area (Å²) in [6, 6.07) is 1.47. The molecule has 0 aromatic rings. The Balaban J connectivity index is 1.43. The van der Waals surface area contributed by atoms with Crippen LogP contribution < -0.4 is 5.32 Å². The van der Waals surface area contributed by atoms with Gasteiger partial charge in [-0.1, -0.05) is 0 Å². The Morgan fingerprint density at radius 1 is 1.00 bits per heavy atom. The first-order chi connectivity index (χ1) is 9.49. The van der Waals surface area contributed by atoms with E-state index in [1.807, 2.05) is 0 Å². The standard InChI is InChI=1S/C14H24F3N3/c15-14(16,17)10-19-6-3-12(9-19)18-11-4-7-20-5-1-2-13(20)8-11/h11-13,18H,1-10H2/t11-,12+,13+/m1/s1. The molecule has 0 aliphatic carbocycles. The van der Waals surface area contributed by atoms with Crippen molar-refractivity contribution in [2.75, 3.05) is 32.7 Å². The highest BCUT2D eigenvalue weighted by Gasteiger charge is 2.36. The Labute approximate surface area is 118 Å². The second kappa shape index (κ2) is 5.81. The van der Waals surface area contributed by atoms with Crippen molar-refractivity contribution >= 4 is 0 Å². The number of piperidine rings is 1. The topological polar surface area (TPSA) is 18.5 Å². The minimum Gasteiger partial charge on any atom is -0.310 e. The first-order valence-corrected chi connectivity index (χ1v) is 7.79. The second-order valence-electron chi connectivity index (χ2n) is 6.56. The van der Waals surface area contributed by atoms with Crippen LogP contribution in [0.3, 0.4) is 0 Å². The number of fused-ring (bicyclic) bond motifs is 1. The minimum absolute atomic E-state index is 0.246. The van der Waals surface area contributed by atoms with E-state index < -0.39 is 12.7 Å². The number of nitrogens with one attached hydrogen (secondary N) is 1. The second-order valence-corrected chi connectivity index (χ2v) is 6.56. The molecule has 0 aromatic heterocycles. The molecule has 3 atom stereocenters. The van der Waals surface area contributed by atoms with E-state index in [1.54, 1.807) is 0 Å². The summed E-state index contributed by atoms with van der Waals surface area (Å²) >= 11 is 0. The van der Waals surface area contributed by atoms with Gasteiger partial charge in [-0.3, -0.25) is 4.90 Å². The fourth-order valence-corrected chi connectivity index (χ4v) is 4.07. The molecule has 0 bridgehead atoms. The van der Waals surface area contributed by atoms with Gasteiger partial charge in [-0.2, -0.15) is 13.2 Å². The molecule has 3 aliphatic heterocycles. The van der Waals surface area contributed by atoms with Crippen LogP contribution in [0.25, 0.3) is 0 Å². The van der Waals surface area contributed by atoms with Crippen LogP contribution >= 0.6 is 0 Å². The summed E-state index contributed by atoms with van der Waals surface area (Å²) in [6.07, 6.45) is 1.70. The zero-order chi connectivity index (χ0) is 14.2. The van der Waals surface area contributed by atoms with E-state index in [-0.39, 0.29) is 6.04 Å². The molecule has 3 nitrogen and oxygen atoms in total. The lowest BCUT2D eigenvalue weighted by Crippen LogP contribution is -2.49. The summed E-state index contributed by atoms with van der Waals surface area (Å²) in [5, 5.41) is 3.61. The molecule has 0 saturated carbocycles. The minimum atomic E-state index is -4.07. The highest BCUT2D eigenvalue weighted by atomic mass is 19.4. The average Bonchev–Trinajstić information content (AvgIpc) is 2.96. The van der Waals surface area contributed by atoms with Crippen LogP contribution in [0.2, 0.25) is 0 Å². The van der Waals surface area contributed by atoms with Crippen molar-refractivity contribution in [3.8, 4) is 0 Å². The Hall–Kier alpha value is -0.330. The molecular weight excluding hydrogens is 267 g/mol. The molecule has 3 aliphatic rings. The molecule has 3 fully saturated rings. The summed E-state index contributed by atoms with van der Waals surface area (Å²) in [7, 11) is 0. The van der Waals surface area contributed by atoms with E-state index >= 15 is 0 Å². The maximum Gasteiger partial charge on any atom is 0.401 e. The summed E-state index contributed by atoms with van der Waals surface area (Å²) in [4.78, 5) is 4.10. The van der Waals surface area contributed by atoms with Gasteiger partial charge in [-0.05, 0) is 45.2 Å². The van der Waals surface area contributed by atoms with E-state index in [1.165, 1.54) is 30.7 Å². The molecule has 116 valence electrons. The Bertz CT molecular complexity index is 334. The summed E-state index contributed by atoms with van der Waals surface area (Å²) in [6.45, 7) is 2.75. The highest BCUT2D eigenvalue weighted by molar-refractivity contribution is 4.92. The quantitative estimate of drug-likeness (QED) is 0.856. The van der Waals surface area contributed by atoms with Crippen molar-refractivity contribution in [3.05, 3.63) is 0 Å². The molecule has 0 radical (unpaired) electrons. The molecule has 3 saturated heterocycles. The van der Waals surface area contributed by atoms with Crippen LogP contribution in [-0.2, 0) is 0 Å². The summed E-state index contributed by atoms with van der Waals surface area (Å²) < 4.78 is 37.1. The van der Waals surface area contributed by atoms with Gasteiger partial charge < -0.3 is 10.2 Å². The number of rotatable bonds is 3. The van der Waals surface area contributed by atoms with Crippen LogP contribution in [0.1, 0.15) is 32.1 Å². The van der Waals surface area contributed by atoms with Crippen LogP contribution in [0.4, 0.5) is 13.2 Å². The van der Waals surface area contributed by atoms with Crippen molar-refractivity contribution in [2.24, 2.45) is 0 Å². The van der Waals surface area contributed by atoms with Gasteiger partial charge in [-0.25, -0.2) is 0 Å². The Kier molecular flexibility index (Phi) is 4.24. The van der Waals surface area contributed by atoms with Gasteiger partial charge in [0.15, 0.2) is 0 Å². The molecule has 0 aromatic carbocycles.